The molecule has 0 saturated carbocycles. The molecule has 90 valence electrons. The summed E-state index contributed by atoms with van der Waals surface area (Å²) in [6, 6.07) is 0.645. The number of nitrogens with zero attached hydrogens (tertiary/aromatic N) is 1. The molecule has 0 aromatic heterocycles. The van der Waals surface area contributed by atoms with E-state index in [2.05, 4.69) is 31.4 Å². The summed E-state index contributed by atoms with van der Waals surface area (Å²) >= 11 is 0. The summed E-state index contributed by atoms with van der Waals surface area (Å²) in [6.07, 6.45) is 9.26. The second-order valence-electron chi connectivity index (χ2n) is 5.59. The van der Waals surface area contributed by atoms with Gasteiger partial charge in [-0.2, -0.15) is 0 Å². The van der Waals surface area contributed by atoms with Crippen molar-refractivity contribution in [1.82, 2.24) is 4.90 Å². The molecular weight excluding hydrogens is 194 g/mol. The van der Waals surface area contributed by atoms with Crippen molar-refractivity contribution < 1.29 is 0 Å². The topological polar surface area (TPSA) is 3.24 Å². The summed E-state index contributed by atoms with van der Waals surface area (Å²) in [5.74, 6) is 0.696. The van der Waals surface area contributed by atoms with Gasteiger partial charge in [0.25, 0.3) is 0 Å². The number of hydrogen-bond donors (Lipinski definition) is 0. The van der Waals surface area contributed by atoms with Crippen molar-refractivity contribution in [2.24, 2.45) is 5.92 Å². The lowest BCUT2D eigenvalue weighted by Crippen LogP contribution is -2.44. The third-order valence-electron chi connectivity index (χ3n) is 4.16. The smallest absolute Gasteiger partial charge is 0.0346 e. The van der Waals surface area contributed by atoms with Crippen LogP contribution in [0.3, 0.4) is 0 Å². The molecule has 2 aliphatic rings. The number of piperidine rings is 1. The molecule has 2 unspecified atom stereocenters. The van der Waals surface area contributed by atoms with E-state index in [0.717, 1.165) is 0 Å². The average Bonchev–Trinajstić information content (AvgIpc) is 2.29. The average molecular weight is 219 g/mol. The number of hydrogen-bond acceptors (Lipinski definition) is 1. The van der Waals surface area contributed by atoms with Crippen molar-refractivity contribution in [3.63, 3.8) is 0 Å². The molecule has 1 aliphatic heterocycles. The fourth-order valence-corrected chi connectivity index (χ4v) is 3.16. The molecule has 2 atom stereocenters. The van der Waals surface area contributed by atoms with Crippen LogP contribution in [0.15, 0.2) is 23.8 Å². The van der Waals surface area contributed by atoms with Crippen LogP contribution in [0.4, 0.5) is 0 Å². The van der Waals surface area contributed by atoms with Gasteiger partial charge in [0.2, 0.25) is 0 Å². The molecule has 0 N–H and O–H groups in total. The van der Waals surface area contributed by atoms with Gasteiger partial charge in [-0.15, -0.1) is 0 Å². The first-order valence-electron chi connectivity index (χ1n) is 6.75. The van der Waals surface area contributed by atoms with Crippen LogP contribution < -0.4 is 0 Å². The van der Waals surface area contributed by atoms with Gasteiger partial charge in [-0.1, -0.05) is 30.2 Å². The van der Waals surface area contributed by atoms with Gasteiger partial charge in [0.05, 0.1) is 0 Å². The quantitative estimate of drug-likeness (QED) is 0.639. The Hall–Kier alpha value is -0.560. The number of likely N-dealkylation sites (tertiary alicyclic amines) is 1. The van der Waals surface area contributed by atoms with E-state index in [-0.39, 0.29) is 0 Å². The molecule has 1 fully saturated rings. The lowest BCUT2D eigenvalue weighted by atomic mass is 9.80. The van der Waals surface area contributed by atoms with E-state index in [4.69, 9.17) is 0 Å². The van der Waals surface area contributed by atoms with Gasteiger partial charge in [0.1, 0.15) is 0 Å². The maximum atomic E-state index is 4.19. The van der Waals surface area contributed by atoms with Crippen molar-refractivity contribution in [3.8, 4) is 0 Å². The van der Waals surface area contributed by atoms with Crippen LogP contribution in [0.25, 0.3) is 0 Å². The van der Waals surface area contributed by atoms with Crippen molar-refractivity contribution >= 4 is 0 Å². The second kappa shape index (κ2) is 5.18. The first-order chi connectivity index (χ1) is 7.68. The highest BCUT2D eigenvalue weighted by Gasteiger charge is 2.29. The van der Waals surface area contributed by atoms with E-state index in [9.17, 15) is 0 Å². The van der Waals surface area contributed by atoms with Crippen molar-refractivity contribution in [3.05, 3.63) is 23.8 Å². The van der Waals surface area contributed by atoms with E-state index in [1.54, 1.807) is 5.57 Å². The van der Waals surface area contributed by atoms with Crippen LogP contribution in [-0.4, -0.2) is 24.0 Å². The summed E-state index contributed by atoms with van der Waals surface area (Å²) in [4.78, 5) is 2.69. The van der Waals surface area contributed by atoms with E-state index >= 15 is 0 Å². The SMILES string of the molecule is C=C(C)C1CCC(C)=CC1N1CCCCC1. The minimum absolute atomic E-state index is 0.645. The van der Waals surface area contributed by atoms with Crippen LogP contribution in [0.5, 0.6) is 0 Å². The summed E-state index contributed by atoms with van der Waals surface area (Å²) in [5, 5.41) is 0. The van der Waals surface area contributed by atoms with Crippen LogP contribution in [-0.2, 0) is 0 Å². The maximum absolute atomic E-state index is 4.19. The first-order valence-corrected chi connectivity index (χ1v) is 6.75. The standard InChI is InChI=1S/C15H25N/c1-12(2)14-8-7-13(3)11-15(14)16-9-5-4-6-10-16/h11,14-15H,1,4-10H2,2-3H3. The van der Waals surface area contributed by atoms with Crippen molar-refractivity contribution in [2.45, 2.75) is 52.0 Å². The Morgan fingerprint density at radius 3 is 2.62 bits per heavy atom. The van der Waals surface area contributed by atoms with E-state index < -0.39 is 0 Å². The van der Waals surface area contributed by atoms with Gasteiger partial charge < -0.3 is 0 Å². The van der Waals surface area contributed by atoms with Gasteiger partial charge in [-0.3, -0.25) is 4.90 Å². The van der Waals surface area contributed by atoms with Gasteiger partial charge in [-0.05, 0) is 58.5 Å². The Bertz CT molecular complexity index is 284. The normalized spacial score (nSPS) is 32.2. The molecule has 0 aromatic carbocycles. The summed E-state index contributed by atoms with van der Waals surface area (Å²) in [6.45, 7) is 11.3. The van der Waals surface area contributed by atoms with E-state index in [0.29, 0.717) is 12.0 Å². The van der Waals surface area contributed by atoms with Crippen LogP contribution in [0.1, 0.15) is 46.0 Å². The zero-order valence-corrected chi connectivity index (χ0v) is 10.8. The molecule has 0 spiro atoms. The maximum Gasteiger partial charge on any atom is 0.0346 e. The highest BCUT2D eigenvalue weighted by molar-refractivity contribution is 5.17. The Labute approximate surface area is 100 Å². The fraction of sp³-hybridized carbons (Fsp3) is 0.733. The van der Waals surface area contributed by atoms with Crippen molar-refractivity contribution in [2.75, 3.05) is 13.1 Å². The Kier molecular flexibility index (Phi) is 3.86. The third-order valence-corrected chi connectivity index (χ3v) is 4.16. The van der Waals surface area contributed by atoms with E-state index in [1.807, 2.05) is 0 Å². The second-order valence-corrected chi connectivity index (χ2v) is 5.59. The summed E-state index contributed by atoms with van der Waals surface area (Å²) in [7, 11) is 0. The summed E-state index contributed by atoms with van der Waals surface area (Å²) < 4.78 is 0. The molecule has 2 rings (SSSR count). The molecule has 16 heavy (non-hydrogen) atoms. The predicted molar refractivity (Wildman–Crippen MR) is 70.5 cm³/mol. The van der Waals surface area contributed by atoms with Crippen LogP contribution in [0.2, 0.25) is 0 Å². The molecule has 1 nitrogen and oxygen atoms in total. The third kappa shape index (κ3) is 2.57. The number of allylic oxidation sites excluding steroid dienone is 1. The fourth-order valence-electron chi connectivity index (χ4n) is 3.16. The Balaban J connectivity index is 2.12. The minimum atomic E-state index is 0.645. The number of rotatable bonds is 2. The predicted octanol–water partition coefficient (Wildman–Crippen LogP) is 3.77. The first kappa shape index (κ1) is 11.9. The molecule has 0 radical (unpaired) electrons. The molecule has 1 heterocycles. The Morgan fingerprint density at radius 2 is 2.00 bits per heavy atom. The lowest BCUT2D eigenvalue weighted by molar-refractivity contribution is 0.150. The molecule has 0 amide bonds. The van der Waals surface area contributed by atoms with Gasteiger partial charge in [0.15, 0.2) is 0 Å². The van der Waals surface area contributed by atoms with Gasteiger partial charge >= 0.3 is 0 Å². The van der Waals surface area contributed by atoms with E-state index in [1.165, 1.54) is 50.8 Å². The zero-order chi connectivity index (χ0) is 11.5. The zero-order valence-electron chi connectivity index (χ0n) is 10.8. The Morgan fingerprint density at radius 1 is 1.31 bits per heavy atom. The highest BCUT2D eigenvalue weighted by Crippen LogP contribution is 2.32. The molecule has 1 aliphatic carbocycles. The molecule has 1 heteroatoms. The monoisotopic (exact) mass is 219 g/mol. The largest absolute Gasteiger partial charge is 0.296 e. The van der Waals surface area contributed by atoms with Crippen LogP contribution >= 0.6 is 0 Å². The van der Waals surface area contributed by atoms with Crippen molar-refractivity contribution in [1.29, 1.82) is 0 Å². The molecule has 1 saturated heterocycles. The molecule has 0 bridgehead atoms. The lowest BCUT2D eigenvalue weighted by Gasteiger charge is -2.40. The highest BCUT2D eigenvalue weighted by atomic mass is 15.2. The minimum Gasteiger partial charge on any atom is -0.296 e. The van der Waals surface area contributed by atoms with Crippen LogP contribution in [0, 0.1) is 5.92 Å². The van der Waals surface area contributed by atoms with Gasteiger partial charge in [-0.25, -0.2) is 0 Å². The molecule has 0 aromatic rings. The summed E-state index contributed by atoms with van der Waals surface area (Å²) in [5.41, 5.74) is 2.95. The molecular formula is C15H25N. The van der Waals surface area contributed by atoms with Gasteiger partial charge in [0, 0.05) is 6.04 Å².